The van der Waals surface area contributed by atoms with Crippen molar-refractivity contribution in [2.45, 2.75) is 66.0 Å². The van der Waals surface area contributed by atoms with Crippen molar-refractivity contribution in [3.8, 4) is 0 Å². The number of aromatic nitrogens is 2. The van der Waals surface area contributed by atoms with Crippen molar-refractivity contribution >= 4 is 12.0 Å². The molecule has 27 heavy (non-hydrogen) atoms. The molecule has 1 aliphatic carbocycles. The quantitative estimate of drug-likeness (QED) is 0.638. The van der Waals surface area contributed by atoms with Crippen LogP contribution in [0.25, 0.3) is 6.08 Å². The number of benzene rings is 1. The summed E-state index contributed by atoms with van der Waals surface area (Å²) in [6.07, 6.45) is 8.17. The van der Waals surface area contributed by atoms with E-state index in [9.17, 15) is 4.79 Å². The lowest BCUT2D eigenvalue weighted by atomic mass is 10.1. The van der Waals surface area contributed by atoms with Crippen molar-refractivity contribution in [1.29, 1.82) is 0 Å². The topological polar surface area (TPSA) is 38.1 Å². The molecular weight excluding hydrogens is 334 g/mol. The first-order chi connectivity index (χ1) is 13.0. The van der Waals surface area contributed by atoms with Crippen LogP contribution in [-0.4, -0.2) is 33.2 Å². The normalized spacial score (nSPS) is 14.1. The Bertz CT molecular complexity index is 813. The van der Waals surface area contributed by atoms with Gasteiger partial charge in [-0.15, -0.1) is 0 Å². The molecule has 0 unspecified atom stereocenters. The molecule has 1 saturated carbocycles. The molecular formula is C23H31N3O. The second-order valence-corrected chi connectivity index (χ2v) is 7.68. The SMILES string of the molecule is CCCCN(C(=O)/C=C/c1c(C)nn(Cc2ccc(C)cc2)c1C)C1CC1. The molecule has 0 bridgehead atoms. The van der Waals surface area contributed by atoms with Crippen molar-refractivity contribution in [3.05, 3.63) is 58.4 Å². The second-order valence-electron chi connectivity index (χ2n) is 7.68. The van der Waals surface area contributed by atoms with E-state index in [-0.39, 0.29) is 5.91 Å². The van der Waals surface area contributed by atoms with Gasteiger partial charge in [-0.05, 0) is 51.7 Å². The van der Waals surface area contributed by atoms with E-state index in [1.165, 1.54) is 11.1 Å². The first-order valence-electron chi connectivity index (χ1n) is 10.1. The monoisotopic (exact) mass is 365 g/mol. The highest BCUT2D eigenvalue weighted by Crippen LogP contribution is 2.27. The minimum absolute atomic E-state index is 0.135. The molecule has 1 aromatic carbocycles. The van der Waals surface area contributed by atoms with Gasteiger partial charge >= 0.3 is 0 Å². The molecule has 2 aromatic rings. The number of aryl methyl sites for hydroxylation is 2. The van der Waals surface area contributed by atoms with Gasteiger partial charge in [0.1, 0.15) is 0 Å². The van der Waals surface area contributed by atoms with Gasteiger partial charge in [-0.2, -0.15) is 5.10 Å². The summed E-state index contributed by atoms with van der Waals surface area (Å²) in [6, 6.07) is 9.00. The van der Waals surface area contributed by atoms with Gasteiger partial charge in [-0.25, -0.2) is 0 Å². The van der Waals surface area contributed by atoms with Gasteiger partial charge in [-0.3, -0.25) is 9.48 Å². The van der Waals surface area contributed by atoms with Gasteiger partial charge in [0.15, 0.2) is 0 Å². The molecule has 4 nitrogen and oxygen atoms in total. The number of carbonyl (C=O) groups excluding carboxylic acids is 1. The van der Waals surface area contributed by atoms with Crippen molar-refractivity contribution in [3.63, 3.8) is 0 Å². The Kier molecular flexibility index (Phi) is 6.15. The zero-order valence-corrected chi connectivity index (χ0v) is 17.0. The fourth-order valence-corrected chi connectivity index (χ4v) is 3.41. The maximum Gasteiger partial charge on any atom is 0.246 e. The molecule has 0 radical (unpaired) electrons. The number of carbonyl (C=O) groups is 1. The summed E-state index contributed by atoms with van der Waals surface area (Å²) in [5, 5.41) is 4.69. The van der Waals surface area contributed by atoms with Gasteiger partial charge in [0.05, 0.1) is 12.2 Å². The molecule has 4 heteroatoms. The Morgan fingerprint density at radius 3 is 2.56 bits per heavy atom. The zero-order valence-electron chi connectivity index (χ0n) is 17.0. The van der Waals surface area contributed by atoms with Crippen LogP contribution >= 0.6 is 0 Å². The van der Waals surface area contributed by atoms with Crippen molar-refractivity contribution < 1.29 is 4.79 Å². The third-order valence-corrected chi connectivity index (χ3v) is 5.31. The number of nitrogens with zero attached hydrogens (tertiary/aromatic N) is 3. The Morgan fingerprint density at radius 2 is 1.93 bits per heavy atom. The molecule has 0 spiro atoms. The lowest BCUT2D eigenvalue weighted by molar-refractivity contribution is -0.126. The highest BCUT2D eigenvalue weighted by Gasteiger charge is 2.30. The molecule has 1 amide bonds. The molecule has 3 rings (SSSR count). The lowest BCUT2D eigenvalue weighted by Gasteiger charge is -2.20. The van der Waals surface area contributed by atoms with Gasteiger partial charge < -0.3 is 4.90 Å². The predicted octanol–water partition coefficient (Wildman–Crippen LogP) is 4.66. The smallest absolute Gasteiger partial charge is 0.246 e. The Balaban J connectivity index is 1.72. The first kappa shape index (κ1) is 19.4. The molecule has 0 N–H and O–H groups in total. The fraction of sp³-hybridized carbons (Fsp3) is 0.478. The number of hydrogen-bond acceptors (Lipinski definition) is 2. The Labute approximate surface area is 162 Å². The third-order valence-electron chi connectivity index (χ3n) is 5.31. The summed E-state index contributed by atoms with van der Waals surface area (Å²) < 4.78 is 2.03. The predicted molar refractivity (Wildman–Crippen MR) is 111 cm³/mol. The van der Waals surface area contributed by atoms with E-state index in [1.807, 2.05) is 22.6 Å². The fourth-order valence-electron chi connectivity index (χ4n) is 3.41. The maximum absolute atomic E-state index is 12.7. The summed E-state index contributed by atoms with van der Waals surface area (Å²) in [4.78, 5) is 14.7. The molecule has 0 saturated heterocycles. The summed E-state index contributed by atoms with van der Waals surface area (Å²) in [6.45, 7) is 9.97. The second kappa shape index (κ2) is 8.55. The van der Waals surface area contributed by atoms with Crippen molar-refractivity contribution in [2.24, 2.45) is 0 Å². The number of unbranched alkanes of at least 4 members (excludes halogenated alkanes) is 1. The van der Waals surface area contributed by atoms with Crippen LogP contribution in [0, 0.1) is 20.8 Å². The van der Waals surface area contributed by atoms with Gasteiger partial charge in [-0.1, -0.05) is 43.2 Å². The molecule has 1 aliphatic rings. The zero-order chi connectivity index (χ0) is 19.4. The molecule has 1 aromatic heterocycles. The Morgan fingerprint density at radius 1 is 1.22 bits per heavy atom. The number of rotatable bonds is 8. The number of amides is 1. The van der Waals surface area contributed by atoms with Crippen LogP contribution in [0.3, 0.4) is 0 Å². The van der Waals surface area contributed by atoms with Gasteiger partial charge in [0.2, 0.25) is 5.91 Å². The van der Waals surface area contributed by atoms with E-state index in [2.05, 4.69) is 50.1 Å². The van der Waals surface area contributed by atoms with E-state index in [1.54, 1.807) is 6.08 Å². The standard InChI is InChI=1S/C23H31N3O/c1-5-6-15-25(21-11-12-21)23(27)14-13-22-18(3)24-26(19(22)4)16-20-9-7-17(2)8-10-20/h7-10,13-14,21H,5-6,11-12,15-16H2,1-4H3/b14-13+. The van der Waals surface area contributed by atoms with Crippen molar-refractivity contribution in [2.75, 3.05) is 6.54 Å². The van der Waals surface area contributed by atoms with Crippen molar-refractivity contribution in [1.82, 2.24) is 14.7 Å². The molecule has 0 aliphatic heterocycles. The molecule has 144 valence electrons. The molecule has 1 fully saturated rings. The van der Waals surface area contributed by atoms with Crippen LogP contribution < -0.4 is 0 Å². The van der Waals surface area contributed by atoms with Crippen LogP contribution in [0.5, 0.6) is 0 Å². The largest absolute Gasteiger partial charge is 0.336 e. The van der Waals surface area contributed by atoms with Gasteiger partial charge in [0.25, 0.3) is 0 Å². The van der Waals surface area contributed by atoms with E-state index in [0.717, 1.165) is 55.7 Å². The third kappa shape index (κ3) is 4.88. The van der Waals surface area contributed by atoms with Gasteiger partial charge in [0, 0.05) is 29.9 Å². The minimum Gasteiger partial charge on any atom is -0.336 e. The van der Waals surface area contributed by atoms with Crippen LogP contribution in [0.15, 0.2) is 30.3 Å². The van der Waals surface area contributed by atoms with Crippen LogP contribution in [0.2, 0.25) is 0 Å². The van der Waals surface area contributed by atoms with Crippen LogP contribution in [0.4, 0.5) is 0 Å². The minimum atomic E-state index is 0.135. The average molecular weight is 366 g/mol. The average Bonchev–Trinajstić information content (AvgIpc) is 3.44. The van der Waals surface area contributed by atoms with Crippen LogP contribution in [-0.2, 0) is 11.3 Å². The first-order valence-corrected chi connectivity index (χ1v) is 10.1. The van der Waals surface area contributed by atoms with Crippen LogP contribution in [0.1, 0.15) is 60.7 Å². The molecule has 1 heterocycles. The maximum atomic E-state index is 12.7. The highest BCUT2D eigenvalue weighted by atomic mass is 16.2. The summed E-state index contributed by atoms with van der Waals surface area (Å²) >= 11 is 0. The van der Waals surface area contributed by atoms with E-state index < -0.39 is 0 Å². The summed E-state index contributed by atoms with van der Waals surface area (Å²) in [5.74, 6) is 0.135. The van der Waals surface area contributed by atoms with E-state index in [4.69, 9.17) is 0 Å². The number of hydrogen-bond donors (Lipinski definition) is 0. The molecule has 0 atom stereocenters. The summed E-state index contributed by atoms with van der Waals surface area (Å²) in [7, 11) is 0. The lowest BCUT2D eigenvalue weighted by Crippen LogP contribution is -2.32. The summed E-state index contributed by atoms with van der Waals surface area (Å²) in [5.41, 5.74) is 5.62. The highest BCUT2D eigenvalue weighted by molar-refractivity contribution is 5.92. The van der Waals surface area contributed by atoms with E-state index >= 15 is 0 Å². The van der Waals surface area contributed by atoms with E-state index in [0.29, 0.717) is 6.04 Å². The Hall–Kier alpha value is -2.36.